The first-order valence-electron chi connectivity index (χ1n) is 5.05. The quantitative estimate of drug-likeness (QED) is 0.730. The number of hydroxylamine groups is 1. The van der Waals surface area contributed by atoms with Crippen LogP contribution >= 0.6 is 0 Å². The Morgan fingerprint density at radius 3 is 2.33 bits per heavy atom. The van der Waals surface area contributed by atoms with E-state index in [2.05, 4.69) is 31.5 Å². The summed E-state index contributed by atoms with van der Waals surface area (Å²) in [6.45, 7) is 5.47. The summed E-state index contributed by atoms with van der Waals surface area (Å²) in [5.41, 5.74) is 4.48. The minimum absolute atomic E-state index is 0.0277. The van der Waals surface area contributed by atoms with Crippen molar-refractivity contribution in [3.63, 3.8) is 0 Å². The van der Waals surface area contributed by atoms with Crippen molar-refractivity contribution >= 4 is 0 Å². The van der Waals surface area contributed by atoms with Crippen molar-refractivity contribution in [1.82, 2.24) is 5.48 Å². The fourth-order valence-electron chi connectivity index (χ4n) is 1.61. The first-order valence-corrected chi connectivity index (χ1v) is 5.05. The monoisotopic (exact) mass is 209 g/mol. The Morgan fingerprint density at radius 2 is 1.87 bits per heavy atom. The van der Waals surface area contributed by atoms with Gasteiger partial charge in [-0.15, -0.1) is 0 Å². The van der Waals surface area contributed by atoms with Crippen LogP contribution in [-0.2, 0) is 16.7 Å². The molecule has 0 bridgehead atoms. The normalized spacial score (nSPS) is 11.7. The van der Waals surface area contributed by atoms with Crippen molar-refractivity contribution in [3.05, 3.63) is 35.4 Å². The highest BCUT2D eigenvalue weighted by atomic mass is 16.5. The molecular formula is C12H19NO2. The molecule has 0 aliphatic carbocycles. The van der Waals surface area contributed by atoms with Gasteiger partial charge in [-0.1, -0.05) is 38.1 Å². The molecular weight excluding hydrogens is 190 g/mol. The standard InChI is InChI=1S/C12H19NO2/c1-12(2,9-15-3)11-6-4-10(5-7-11)8-13-14/h4-7,13-14H,8-9H2,1-3H3. The molecule has 0 heterocycles. The van der Waals surface area contributed by atoms with Crippen molar-refractivity contribution in [2.45, 2.75) is 25.8 Å². The van der Waals surface area contributed by atoms with E-state index in [0.29, 0.717) is 13.2 Å². The molecule has 0 saturated carbocycles. The highest BCUT2D eigenvalue weighted by Crippen LogP contribution is 2.23. The summed E-state index contributed by atoms with van der Waals surface area (Å²) >= 11 is 0. The van der Waals surface area contributed by atoms with Crippen LogP contribution in [0, 0.1) is 0 Å². The maximum atomic E-state index is 8.56. The van der Waals surface area contributed by atoms with Crippen LogP contribution in [0.5, 0.6) is 0 Å². The summed E-state index contributed by atoms with van der Waals surface area (Å²) in [5.74, 6) is 0. The molecule has 1 aromatic rings. The van der Waals surface area contributed by atoms with E-state index in [0.717, 1.165) is 5.56 Å². The lowest BCUT2D eigenvalue weighted by Crippen LogP contribution is -2.23. The van der Waals surface area contributed by atoms with E-state index in [1.165, 1.54) is 5.56 Å². The van der Waals surface area contributed by atoms with Crippen LogP contribution in [-0.4, -0.2) is 18.9 Å². The molecule has 84 valence electrons. The lowest BCUT2D eigenvalue weighted by molar-refractivity contribution is 0.146. The number of nitrogens with one attached hydrogen (secondary N) is 1. The summed E-state index contributed by atoms with van der Waals surface area (Å²) in [5, 5.41) is 8.56. The average molecular weight is 209 g/mol. The van der Waals surface area contributed by atoms with Crippen molar-refractivity contribution in [3.8, 4) is 0 Å². The van der Waals surface area contributed by atoms with E-state index in [1.54, 1.807) is 7.11 Å². The number of benzene rings is 1. The van der Waals surface area contributed by atoms with Gasteiger partial charge in [0, 0.05) is 19.1 Å². The van der Waals surface area contributed by atoms with Gasteiger partial charge in [-0.2, -0.15) is 0 Å². The predicted molar refractivity (Wildman–Crippen MR) is 60.0 cm³/mol. The molecule has 0 aliphatic rings. The Hall–Kier alpha value is -0.900. The molecule has 0 saturated heterocycles. The van der Waals surface area contributed by atoms with Gasteiger partial charge in [-0.05, 0) is 11.1 Å². The molecule has 0 atom stereocenters. The highest BCUT2D eigenvalue weighted by molar-refractivity contribution is 5.28. The first-order chi connectivity index (χ1) is 7.10. The summed E-state index contributed by atoms with van der Waals surface area (Å²) in [6.07, 6.45) is 0. The van der Waals surface area contributed by atoms with E-state index >= 15 is 0 Å². The largest absolute Gasteiger partial charge is 0.384 e. The summed E-state index contributed by atoms with van der Waals surface area (Å²) in [6, 6.07) is 8.17. The fourth-order valence-corrected chi connectivity index (χ4v) is 1.61. The van der Waals surface area contributed by atoms with Crippen molar-refractivity contribution in [2.24, 2.45) is 0 Å². The minimum atomic E-state index is 0.0277. The molecule has 0 aliphatic heterocycles. The molecule has 1 rings (SSSR count). The summed E-state index contributed by atoms with van der Waals surface area (Å²) < 4.78 is 5.19. The van der Waals surface area contributed by atoms with Crippen LogP contribution in [0.1, 0.15) is 25.0 Å². The maximum absolute atomic E-state index is 8.56. The van der Waals surface area contributed by atoms with Gasteiger partial charge >= 0.3 is 0 Å². The lowest BCUT2D eigenvalue weighted by atomic mass is 9.85. The number of hydrogen-bond donors (Lipinski definition) is 2. The van der Waals surface area contributed by atoms with Crippen LogP contribution in [0.25, 0.3) is 0 Å². The van der Waals surface area contributed by atoms with Gasteiger partial charge in [0.25, 0.3) is 0 Å². The van der Waals surface area contributed by atoms with E-state index in [4.69, 9.17) is 9.94 Å². The smallest absolute Gasteiger partial charge is 0.0553 e. The predicted octanol–water partition coefficient (Wildman–Crippen LogP) is 2.09. The van der Waals surface area contributed by atoms with Crippen LogP contribution in [0.3, 0.4) is 0 Å². The zero-order valence-electron chi connectivity index (χ0n) is 9.58. The third-order valence-corrected chi connectivity index (χ3v) is 2.52. The van der Waals surface area contributed by atoms with Gasteiger partial charge in [0.1, 0.15) is 0 Å². The van der Waals surface area contributed by atoms with Gasteiger partial charge in [0.05, 0.1) is 6.61 Å². The Bertz CT molecular complexity index is 293. The average Bonchev–Trinajstić information content (AvgIpc) is 2.19. The SMILES string of the molecule is COCC(C)(C)c1ccc(CNO)cc1. The molecule has 1 aromatic carbocycles. The third kappa shape index (κ3) is 3.30. The number of hydrogen-bond acceptors (Lipinski definition) is 3. The summed E-state index contributed by atoms with van der Waals surface area (Å²) in [7, 11) is 1.71. The van der Waals surface area contributed by atoms with Crippen molar-refractivity contribution < 1.29 is 9.94 Å². The van der Waals surface area contributed by atoms with Crippen molar-refractivity contribution in [2.75, 3.05) is 13.7 Å². The second-order valence-corrected chi connectivity index (χ2v) is 4.35. The highest BCUT2D eigenvalue weighted by Gasteiger charge is 2.19. The van der Waals surface area contributed by atoms with E-state index in [9.17, 15) is 0 Å². The Balaban J connectivity index is 2.78. The molecule has 0 spiro atoms. The molecule has 0 amide bonds. The van der Waals surface area contributed by atoms with Gasteiger partial charge in [-0.25, -0.2) is 5.48 Å². The number of rotatable bonds is 5. The molecule has 3 nitrogen and oxygen atoms in total. The topological polar surface area (TPSA) is 41.5 Å². The van der Waals surface area contributed by atoms with Gasteiger partial charge in [0.15, 0.2) is 0 Å². The first kappa shape index (κ1) is 12.2. The van der Waals surface area contributed by atoms with E-state index < -0.39 is 0 Å². The molecule has 15 heavy (non-hydrogen) atoms. The molecule has 0 unspecified atom stereocenters. The number of ether oxygens (including phenoxy) is 1. The molecule has 0 aromatic heterocycles. The van der Waals surface area contributed by atoms with E-state index in [1.807, 2.05) is 12.1 Å². The van der Waals surface area contributed by atoms with E-state index in [-0.39, 0.29) is 5.41 Å². The maximum Gasteiger partial charge on any atom is 0.0553 e. The third-order valence-electron chi connectivity index (χ3n) is 2.52. The molecule has 3 heteroatoms. The summed E-state index contributed by atoms with van der Waals surface area (Å²) in [4.78, 5) is 0. The van der Waals surface area contributed by atoms with Crippen LogP contribution in [0.2, 0.25) is 0 Å². The van der Waals surface area contributed by atoms with Gasteiger partial charge in [-0.3, -0.25) is 0 Å². The van der Waals surface area contributed by atoms with Gasteiger partial charge < -0.3 is 9.94 Å². The molecule has 2 N–H and O–H groups in total. The number of methoxy groups -OCH3 is 1. The molecule has 0 fully saturated rings. The Kier molecular flexibility index (Phi) is 4.27. The lowest BCUT2D eigenvalue weighted by Gasteiger charge is -2.24. The molecule has 0 radical (unpaired) electrons. The zero-order chi connectivity index (χ0) is 11.3. The zero-order valence-corrected chi connectivity index (χ0v) is 9.58. The second-order valence-electron chi connectivity index (χ2n) is 4.35. The Labute approximate surface area is 91.0 Å². The minimum Gasteiger partial charge on any atom is -0.384 e. The van der Waals surface area contributed by atoms with Gasteiger partial charge in [0.2, 0.25) is 0 Å². The van der Waals surface area contributed by atoms with Crippen LogP contribution in [0.4, 0.5) is 0 Å². The fraction of sp³-hybridized carbons (Fsp3) is 0.500. The second kappa shape index (κ2) is 5.26. The van der Waals surface area contributed by atoms with Crippen molar-refractivity contribution in [1.29, 1.82) is 0 Å². The van der Waals surface area contributed by atoms with Crippen LogP contribution < -0.4 is 5.48 Å². The van der Waals surface area contributed by atoms with Crippen LogP contribution in [0.15, 0.2) is 24.3 Å². The Morgan fingerprint density at radius 1 is 1.27 bits per heavy atom.